The van der Waals surface area contributed by atoms with Gasteiger partial charge in [0.2, 0.25) is 5.91 Å². The summed E-state index contributed by atoms with van der Waals surface area (Å²) in [5.41, 5.74) is 1.23. The van der Waals surface area contributed by atoms with Crippen LogP contribution in [0.25, 0.3) is 0 Å². The summed E-state index contributed by atoms with van der Waals surface area (Å²) in [5, 5.41) is 2.92. The maximum absolute atomic E-state index is 13.4. The van der Waals surface area contributed by atoms with Gasteiger partial charge in [0.25, 0.3) is 10.0 Å². The van der Waals surface area contributed by atoms with Crippen LogP contribution in [-0.2, 0) is 14.8 Å². The third-order valence-electron chi connectivity index (χ3n) is 5.07. The average molecular weight is 471 g/mol. The van der Waals surface area contributed by atoms with E-state index in [2.05, 4.69) is 5.32 Å². The second kappa shape index (κ2) is 11.0. The summed E-state index contributed by atoms with van der Waals surface area (Å²) in [7, 11) is -4.13. The van der Waals surface area contributed by atoms with E-state index in [0.29, 0.717) is 24.5 Å². The zero-order valence-electron chi connectivity index (χ0n) is 18.6. The van der Waals surface area contributed by atoms with Crippen molar-refractivity contribution in [3.05, 3.63) is 90.2 Å². The monoisotopic (exact) mass is 470 g/mol. The maximum atomic E-state index is 13.4. The minimum absolute atomic E-state index is 0.110. The summed E-state index contributed by atoms with van der Waals surface area (Å²) in [4.78, 5) is 12.9. The van der Waals surface area contributed by atoms with Gasteiger partial charge in [-0.2, -0.15) is 0 Å². The van der Waals surface area contributed by atoms with Crippen molar-refractivity contribution >= 4 is 21.6 Å². The molecule has 0 aliphatic rings. The van der Waals surface area contributed by atoms with E-state index in [1.807, 2.05) is 44.2 Å². The Morgan fingerprint density at radius 1 is 0.970 bits per heavy atom. The number of benzene rings is 3. The van der Waals surface area contributed by atoms with Gasteiger partial charge < -0.3 is 10.1 Å². The zero-order valence-corrected chi connectivity index (χ0v) is 19.4. The van der Waals surface area contributed by atoms with Crippen LogP contribution in [0.2, 0.25) is 0 Å². The molecule has 0 fully saturated rings. The summed E-state index contributed by atoms with van der Waals surface area (Å²) in [6.45, 7) is 3.83. The van der Waals surface area contributed by atoms with Gasteiger partial charge in [0.15, 0.2) is 0 Å². The van der Waals surface area contributed by atoms with Gasteiger partial charge in [0.05, 0.1) is 23.2 Å². The number of nitrogens with zero attached hydrogens (tertiary/aromatic N) is 1. The van der Waals surface area contributed by atoms with Gasteiger partial charge in [0.1, 0.15) is 18.1 Å². The van der Waals surface area contributed by atoms with Crippen molar-refractivity contribution < 1.29 is 22.3 Å². The number of halogens is 1. The fraction of sp³-hybridized carbons (Fsp3) is 0.240. The van der Waals surface area contributed by atoms with Crippen molar-refractivity contribution in [2.24, 2.45) is 0 Å². The van der Waals surface area contributed by atoms with Crippen LogP contribution in [0.5, 0.6) is 5.75 Å². The van der Waals surface area contributed by atoms with Gasteiger partial charge in [-0.15, -0.1) is 0 Å². The van der Waals surface area contributed by atoms with Crippen LogP contribution in [-0.4, -0.2) is 27.5 Å². The molecule has 1 N–H and O–H groups in total. The van der Waals surface area contributed by atoms with E-state index in [9.17, 15) is 17.6 Å². The summed E-state index contributed by atoms with van der Waals surface area (Å²) < 4.78 is 46.6. The van der Waals surface area contributed by atoms with E-state index in [1.54, 1.807) is 24.3 Å². The molecule has 6 nitrogen and oxygen atoms in total. The van der Waals surface area contributed by atoms with E-state index < -0.39 is 28.3 Å². The fourth-order valence-electron chi connectivity index (χ4n) is 3.40. The number of ether oxygens (including phenoxy) is 1. The molecular formula is C25H27FN2O4S. The van der Waals surface area contributed by atoms with E-state index in [1.165, 1.54) is 12.1 Å². The molecule has 0 aliphatic carbocycles. The minimum atomic E-state index is -4.13. The normalized spacial score (nSPS) is 12.1. The van der Waals surface area contributed by atoms with Gasteiger partial charge in [-0.25, -0.2) is 12.8 Å². The minimum Gasteiger partial charge on any atom is -0.494 e. The largest absolute Gasteiger partial charge is 0.494 e. The molecule has 0 heterocycles. The first-order chi connectivity index (χ1) is 15.8. The van der Waals surface area contributed by atoms with Crippen LogP contribution >= 0.6 is 0 Å². The van der Waals surface area contributed by atoms with E-state index in [0.717, 1.165) is 22.0 Å². The first kappa shape index (κ1) is 24.3. The second-order valence-electron chi connectivity index (χ2n) is 7.33. The van der Waals surface area contributed by atoms with Crippen molar-refractivity contribution in [1.82, 2.24) is 5.32 Å². The Hall–Kier alpha value is -3.39. The van der Waals surface area contributed by atoms with Crippen molar-refractivity contribution in [2.45, 2.75) is 31.2 Å². The number of hydrogen-bond acceptors (Lipinski definition) is 4. The van der Waals surface area contributed by atoms with Crippen molar-refractivity contribution in [1.29, 1.82) is 0 Å². The van der Waals surface area contributed by atoms with Gasteiger partial charge >= 0.3 is 0 Å². The number of hydrogen-bond donors (Lipinski definition) is 1. The first-order valence-electron chi connectivity index (χ1n) is 10.7. The number of carbonyl (C=O) groups excluding carboxylic acids is 1. The third-order valence-corrected chi connectivity index (χ3v) is 6.86. The van der Waals surface area contributed by atoms with Gasteiger partial charge in [0, 0.05) is 0 Å². The maximum Gasteiger partial charge on any atom is 0.264 e. The number of amides is 1. The van der Waals surface area contributed by atoms with E-state index in [-0.39, 0.29) is 10.9 Å². The molecule has 0 radical (unpaired) electrons. The standard InChI is InChI=1S/C25H27FN2O4S/c1-3-24(19-8-6-5-7-9-19)27-25(29)18-28(21-12-14-22(15-13-21)32-4-2)33(30,31)23-16-10-20(26)11-17-23/h5-17,24H,3-4,18H2,1-2H3,(H,27,29)/t24-/m0/s1. The number of sulfonamides is 1. The molecule has 33 heavy (non-hydrogen) atoms. The van der Waals surface area contributed by atoms with Gasteiger partial charge in [-0.3, -0.25) is 9.10 Å². The molecule has 0 unspecified atom stereocenters. The Balaban J connectivity index is 1.91. The Morgan fingerprint density at radius 3 is 2.18 bits per heavy atom. The predicted octanol–water partition coefficient (Wildman–Crippen LogP) is 4.69. The quantitative estimate of drug-likeness (QED) is 0.467. The second-order valence-corrected chi connectivity index (χ2v) is 9.19. The topological polar surface area (TPSA) is 75.7 Å². The Kier molecular flexibility index (Phi) is 8.06. The highest BCUT2D eigenvalue weighted by Gasteiger charge is 2.28. The molecule has 174 valence electrons. The molecule has 0 saturated carbocycles. The average Bonchev–Trinajstić information content (AvgIpc) is 2.82. The molecule has 0 aromatic heterocycles. The molecule has 3 aromatic carbocycles. The Morgan fingerprint density at radius 2 is 1.61 bits per heavy atom. The lowest BCUT2D eigenvalue weighted by atomic mass is 10.0. The van der Waals surface area contributed by atoms with E-state index in [4.69, 9.17) is 4.74 Å². The summed E-state index contributed by atoms with van der Waals surface area (Å²) in [6.07, 6.45) is 0.642. The molecule has 3 aromatic rings. The number of carbonyl (C=O) groups is 1. The highest BCUT2D eigenvalue weighted by atomic mass is 32.2. The third kappa shape index (κ3) is 6.10. The predicted molar refractivity (Wildman–Crippen MR) is 126 cm³/mol. The highest BCUT2D eigenvalue weighted by molar-refractivity contribution is 7.92. The lowest BCUT2D eigenvalue weighted by Crippen LogP contribution is -2.42. The molecular weight excluding hydrogens is 443 g/mol. The first-order valence-corrected chi connectivity index (χ1v) is 12.1. The Labute approximate surface area is 194 Å². The van der Waals surface area contributed by atoms with Crippen LogP contribution in [0.15, 0.2) is 83.8 Å². The molecule has 3 rings (SSSR count). The molecule has 0 saturated heterocycles. The Bertz CT molecular complexity index is 1150. The molecule has 1 amide bonds. The van der Waals surface area contributed by atoms with Crippen molar-refractivity contribution in [3.8, 4) is 5.75 Å². The SMILES string of the molecule is CCOc1ccc(N(CC(=O)N[C@@H](CC)c2ccccc2)S(=O)(=O)c2ccc(F)cc2)cc1. The van der Waals surface area contributed by atoms with Gasteiger partial charge in [-0.1, -0.05) is 37.3 Å². The van der Waals surface area contributed by atoms with Crippen molar-refractivity contribution in [2.75, 3.05) is 17.5 Å². The van der Waals surface area contributed by atoms with Crippen LogP contribution in [0, 0.1) is 5.82 Å². The van der Waals surface area contributed by atoms with Gasteiger partial charge in [-0.05, 0) is 67.4 Å². The molecule has 1 atom stereocenters. The number of anilines is 1. The van der Waals surface area contributed by atoms with Crippen LogP contribution in [0.3, 0.4) is 0 Å². The molecule has 0 bridgehead atoms. The van der Waals surface area contributed by atoms with Crippen molar-refractivity contribution in [3.63, 3.8) is 0 Å². The molecule has 0 aliphatic heterocycles. The summed E-state index contributed by atoms with van der Waals surface area (Å²) in [5.74, 6) is -0.418. The molecule has 0 spiro atoms. The van der Waals surface area contributed by atoms with Crippen LogP contribution < -0.4 is 14.4 Å². The zero-order chi connectivity index (χ0) is 23.8. The molecule has 8 heteroatoms. The summed E-state index contributed by atoms with van der Waals surface area (Å²) in [6, 6.07) is 20.2. The number of nitrogens with one attached hydrogen (secondary N) is 1. The number of rotatable bonds is 10. The lowest BCUT2D eigenvalue weighted by Gasteiger charge is -2.26. The summed E-state index contributed by atoms with van der Waals surface area (Å²) >= 11 is 0. The van der Waals surface area contributed by atoms with E-state index >= 15 is 0 Å². The smallest absolute Gasteiger partial charge is 0.264 e. The lowest BCUT2D eigenvalue weighted by molar-refractivity contribution is -0.120. The van der Waals surface area contributed by atoms with Crippen LogP contribution in [0.1, 0.15) is 31.9 Å². The fourth-order valence-corrected chi connectivity index (χ4v) is 4.82. The van der Waals surface area contributed by atoms with Crippen LogP contribution in [0.4, 0.5) is 10.1 Å². The highest BCUT2D eigenvalue weighted by Crippen LogP contribution is 2.26.